The SMILES string of the molecule is Clc1nc(NCc2nccs2)c2nc(OCC3CCC3)[nH]c2n1. The van der Waals surface area contributed by atoms with Gasteiger partial charge in [-0.3, -0.25) is 4.98 Å². The minimum Gasteiger partial charge on any atom is -0.464 e. The van der Waals surface area contributed by atoms with Crippen LogP contribution in [-0.2, 0) is 6.54 Å². The summed E-state index contributed by atoms with van der Waals surface area (Å²) in [7, 11) is 0. The molecule has 1 aliphatic rings. The zero-order chi connectivity index (χ0) is 15.6. The van der Waals surface area contributed by atoms with Gasteiger partial charge in [0.15, 0.2) is 17.0 Å². The minimum absolute atomic E-state index is 0.160. The van der Waals surface area contributed by atoms with Gasteiger partial charge in [-0.15, -0.1) is 11.3 Å². The third kappa shape index (κ3) is 3.23. The molecule has 0 saturated heterocycles. The van der Waals surface area contributed by atoms with Crippen molar-refractivity contribution in [2.45, 2.75) is 25.8 Å². The van der Waals surface area contributed by atoms with Crippen LogP contribution < -0.4 is 10.1 Å². The molecular formula is C14H15ClN6OS. The number of halogens is 1. The van der Waals surface area contributed by atoms with Crippen molar-refractivity contribution in [2.24, 2.45) is 5.92 Å². The third-order valence-corrected chi connectivity index (χ3v) is 4.82. The van der Waals surface area contributed by atoms with Crippen LogP contribution in [0.5, 0.6) is 6.01 Å². The van der Waals surface area contributed by atoms with Crippen molar-refractivity contribution in [1.29, 1.82) is 0 Å². The second-order valence-corrected chi connectivity index (χ2v) is 6.78. The Morgan fingerprint density at radius 3 is 3.00 bits per heavy atom. The Balaban J connectivity index is 1.54. The summed E-state index contributed by atoms with van der Waals surface area (Å²) in [4.78, 5) is 20.1. The van der Waals surface area contributed by atoms with E-state index >= 15 is 0 Å². The molecule has 3 aromatic rings. The molecule has 2 N–H and O–H groups in total. The summed E-state index contributed by atoms with van der Waals surface area (Å²) in [5.41, 5.74) is 1.19. The highest BCUT2D eigenvalue weighted by Crippen LogP contribution is 2.28. The largest absolute Gasteiger partial charge is 0.464 e. The topological polar surface area (TPSA) is 88.6 Å². The molecule has 4 rings (SSSR count). The summed E-state index contributed by atoms with van der Waals surface area (Å²) in [5.74, 6) is 1.21. The van der Waals surface area contributed by atoms with Crippen LogP contribution in [0.4, 0.5) is 5.82 Å². The van der Waals surface area contributed by atoms with Gasteiger partial charge in [0.25, 0.3) is 6.01 Å². The number of fused-ring (bicyclic) bond motifs is 1. The first-order valence-electron chi connectivity index (χ1n) is 7.46. The summed E-state index contributed by atoms with van der Waals surface area (Å²) < 4.78 is 5.72. The summed E-state index contributed by atoms with van der Waals surface area (Å²) in [6.07, 6.45) is 5.52. The smallest absolute Gasteiger partial charge is 0.295 e. The van der Waals surface area contributed by atoms with Crippen molar-refractivity contribution in [2.75, 3.05) is 11.9 Å². The number of hydrogen-bond donors (Lipinski definition) is 2. The first-order valence-corrected chi connectivity index (χ1v) is 8.72. The second-order valence-electron chi connectivity index (χ2n) is 5.47. The lowest BCUT2D eigenvalue weighted by atomic mass is 9.86. The fourth-order valence-electron chi connectivity index (χ4n) is 2.40. The van der Waals surface area contributed by atoms with E-state index in [9.17, 15) is 0 Å². The number of ether oxygens (including phenoxy) is 1. The van der Waals surface area contributed by atoms with Crippen molar-refractivity contribution in [3.8, 4) is 6.01 Å². The number of rotatable bonds is 6. The first-order chi connectivity index (χ1) is 11.3. The van der Waals surface area contributed by atoms with Crippen LogP contribution in [0.3, 0.4) is 0 Å². The summed E-state index contributed by atoms with van der Waals surface area (Å²) >= 11 is 7.56. The van der Waals surface area contributed by atoms with Gasteiger partial charge in [0, 0.05) is 11.6 Å². The quantitative estimate of drug-likeness (QED) is 0.663. The number of nitrogens with one attached hydrogen (secondary N) is 2. The van der Waals surface area contributed by atoms with Gasteiger partial charge in [0.05, 0.1) is 13.2 Å². The number of hydrogen-bond acceptors (Lipinski definition) is 7. The Labute approximate surface area is 141 Å². The Kier molecular flexibility index (Phi) is 4.00. The molecule has 3 aromatic heterocycles. The molecule has 120 valence electrons. The molecule has 3 heterocycles. The summed E-state index contributed by atoms with van der Waals surface area (Å²) in [6.45, 7) is 1.24. The molecular weight excluding hydrogens is 336 g/mol. The summed E-state index contributed by atoms with van der Waals surface area (Å²) in [5, 5.41) is 6.26. The van der Waals surface area contributed by atoms with Crippen molar-refractivity contribution in [1.82, 2.24) is 24.9 Å². The second kappa shape index (κ2) is 6.29. The van der Waals surface area contributed by atoms with E-state index in [0.717, 1.165) is 5.01 Å². The predicted octanol–water partition coefficient (Wildman–Crippen LogP) is 3.25. The van der Waals surface area contributed by atoms with Crippen molar-refractivity contribution < 1.29 is 4.74 Å². The normalized spacial score (nSPS) is 14.8. The summed E-state index contributed by atoms with van der Waals surface area (Å²) in [6, 6.07) is 0.459. The number of aromatic nitrogens is 5. The van der Waals surface area contributed by atoms with Crippen LogP contribution in [0.15, 0.2) is 11.6 Å². The Hall–Kier alpha value is -1.93. The lowest BCUT2D eigenvalue weighted by molar-refractivity contribution is 0.171. The first kappa shape index (κ1) is 14.6. The van der Waals surface area contributed by atoms with Crippen LogP contribution in [-0.4, -0.2) is 31.5 Å². The molecule has 9 heteroatoms. The van der Waals surface area contributed by atoms with Crippen molar-refractivity contribution in [3.63, 3.8) is 0 Å². The van der Waals surface area contributed by atoms with E-state index in [1.165, 1.54) is 19.3 Å². The fraction of sp³-hybridized carbons (Fsp3) is 0.429. The van der Waals surface area contributed by atoms with Gasteiger partial charge in [-0.1, -0.05) is 6.42 Å². The highest BCUT2D eigenvalue weighted by Gasteiger charge is 2.19. The van der Waals surface area contributed by atoms with Crippen molar-refractivity contribution in [3.05, 3.63) is 21.9 Å². The number of nitrogens with zero attached hydrogens (tertiary/aromatic N) is 4. The maximum atomic E-state index is 5.99. The van der Waals surface area contributed by atoms with Gasteiger partial charge >= 0.3 is 0 Å². The van der Waals surface area contributed by atoms with Crippen LogP contribution in [0.2, 0.25) is 5.28 Å². The Morgan fingerprint density at radius 1 is 1.35 bits per heavy atom. The minimum atomic E-state index is 0.160. The molecule has 0 radical (unpaired) electrons. The predicted molar refractivity (Wildman–Crippen MR) is 89.0 cm³/mol. The third-order valence-electron chi connectivity index (χ3n) is 3.87. The molecule has 23 heavy (non-hydrogen) atoms. The number of anilines is 1. The molecule has 1 fully saturated rings. The van der Waals surface area contributed by atoms with Gasteiger partial charge in [0.2, 0.25) is 5.28 Å². The molecule has 1 aliphatic carbocycles. The molecule has 0 aliphatic heterocycles. The highest BCUT2D eigenvalue weighted by atomic mass is 35.5. The maximum absolute atomic E-state index is 5.99. The van der Waals surface area contributed by atoms with Crippen LogP contribution in [0.1, 0.15) is 24.3 Å². The van der Waals surface area contributed by atoms with Gasteiger partial charge in [-0.25, -0.2) is 4.98 Å². The lowest BCUT2D eigenvalue weighted by Gasteiger charge is -2.24. The molecule has 0 aromatic carbocycles. The van der Waals surface area contributed by atoms with Crippen molar-refractivity contribution >= 4 is 39.9 Å². The molecule has 0 unspecified atom stereocenters. The number of H-pyrrole nitrogens is 1. The van der Waals surface area contributed by atoms with E-state index in [1.54, 1.807) is 17.5 Å². The Bertz CT molecular complexity index is 801. The number of thiazole rings is 1. The van der Waals surface area contributed by atoms with E-state index in [1.807, 2.05) is 5.38 Å². The van der Waals surface area contributed by atoms with E-state index < -0.39 is 0 Å². The van der Waals surface area contributed by atoms with Gasteiger partial charge in [0.1, 0.15) is 5.01 Å². The molecule has 0 spiro atoms. The number of aromatic amines is 1. The monoisotopic (exact) mass is 350 g/mol. The standard InChI is InChI=1S/C14H15ClN6OS/c15-13-19-11(17-6-9-16-4-5-23-9)10-12(20-13)21-14(18-10)22-7-8-2-1-3-8/h4-5,8H,1-3,6-7H2,(H2,17,18,19,20,21). The van der Waals surface area contributed by atoms with Gasteiger partial charge in [-0.05, 0) is 30.4 Å². The van der Waals surface area contributed by atoms with E-state index in [0.29, 0.717) is 42.1 Å². The van der Waals surface area contributed by atoms with Crippen LogP contribution in [0.25, 0.3) is 11.2 Å². The van der Waals surface area contributed by atoms with Gasteiger partial charge < -0.3 is 10.1 Å². The zero-order valence-corrected chi connectivity index (χ0v) is 13.8. The molecule has 0 atom stereocenters. The van der Waals surface area contributed by atoms with Crippen LogP contribution >= 0.6 is 22.9 Å². The average Bonchev–Trinajstić information content (AvgIpc) is 3.11. The molecule has 0 amide bonds. The molecule has 7 nitrogen and oxygen atoms in total. The molecule has 0 bridgehead atoms. The van der Waals surface area contributed by atoms with Gasteiger partial charge in [-0.2, -0.15) is 15.0 Å². The van der Waals surface area contributed by atoms with E-state index in [4.69, 9.17) is 16.3 Å². The van der Waals surface area contributed by atoms with E-state index in [-0.39, 0.29) is 5.28 Å². The Morgan fingerprint density at radius 2 is 2.26 bits per heavy atom. The van der Waals surface area contributed by atoms with E-state index in [2.05, 4.69) is 30.2 Å². The van der Waals surface area contributed by atoms with Crippen LogP contribution in [0, 0.1) is 5.92 Å². The maximum Gasteiger partial charge on any atom is 0.295 e. The molecule has 1 saturated carbocycles. The average molecular weight is 351 g/mol. The number of imidazole rings is 1. The fourth-order valence-corrected chi connectivity index (χ4v) is 3.12. The highest BCUT2D eigenvalue weighted by molar-refractivity contribution is 7.09. The lowest BCUT2D eigenvalue weighted by Crippen LogP contribution is -2.19. The zero-order valence-electron chi connectivity index (χ0n) is 12.3.